The molecule has 0 saturated heterocycles. The number of halogens is 1. The predicted molar refractivity (Wildman–Crippen MR) is 86.0 cm³/mol. The van der Waals surface area contributed by atoms with Crippen molar-refractivity contribution in [3.63, 3.8) is 0 Å². The average Bonchev–Trinajstić information content (AvgIpc) is 3.18. The molecule has 7 heteroatoms. The van der Waals surface area contributed by atoms with Crippen LogP contribution in [0.25, 0.3) is 10.7 Å². The lowest BCUT2D eigenvalue weighted by Crippen LogP contribution is -2.12. The zero-order valence-corrected chi connectivity index (χ0v) is 13.0. The number of hydrogen-bond donors (Lipinski definition) is 1. The molecule has 0 aliphatic rings. The maximum atomic E-state index is 11.9. The molecule has 0 unspecified atom stereocenters. The van der Waals surface area contributed by atoms with Gasteiger partial charge in [0, 0.05) is 12.8 Å². The van der Waals surface area contributed by atoms with Crippen LogP contribution < -0.4 is 5.32 Å². The molecule has 0 bridgehead atoms. The summed E-state index contributed by atoms with van der Waals surface area (Å²) in [4.78, 5) is 17.1. The van der Waals surface area contributed by atoms with Crippen molar-refractivity contribution in [1.82, 2.24) is 10.1 Å². The minimum Gasteiger partial charge on any atom is -0.339 e. The number of thiophene rings is 1. The Kier molecular flexibility index (Phi) is 4.50. The summed E-state index contributed by atoms with van der Waals surface area (Å²) in [5, 5.41) is 9.12. The Morgan fingerprint density at radius 2 is 2.14 bits per heavy atom. The van der Waals surface area contributed by atoms with E-state index in [-0.39, 0.29) is 12.3 Å². The molecular weight excluding hydrogens is 322 g/mol. The molecule has 1 aromatic carbocycles. The molecule has 0 fully saturated rings. The van der Waals surface area contributed by atoms with E-state index in [0.717, 1.165) is 4.88 Å². The largest absolute Gasteiger partial charge is 0.339 e. The molecule has 0 spiro atoms. The number of benzene rings is 1. The first-order valence-electron chi connectivity index (χ1n) is 6.63. The SMILES string of the molecule is O=C(CCc1nc(-c2cccs2)no1)Nc1ccccc1Cl. The molecule has 2 heterocycles. The van der Waals surface area contributed by atoms with E-state index in [1.165, 1.54) is 11.3 Å². The van der Waals surface area contributed by atoms with Crippen molar-refractivity contribution in [3.05, 3.63) is 52.7 Å². The van der Waals surface area contributed by atoms with E-state index in [9.17, 15) is 4.79 Å². The molecule has 112 valence electrons. The molecule has 3 rings (SSSR count). The quantitative estimate of drug-likeness (QED) is 0.765. The van der Waals surface area contributed by atoms with Crippen molar-refractivity contribution in [2.45, 2.75) is 12.8 Å². The van der Waals surface area contributed by atoms with Gasteiger partial charge in [-0.1, -0.05) is 35.0 Å². The van der Waals surface area contributed by atoms with Crippen LogP contribution in [0.2, 0.25) is 5.02 Å². The fourth-order valence-electron chi connectivity index (χ4n) is 1.86. The van der Waals surface area contributed by atoms with Gasteiger partial charge < -0.3 is 9.84 Å². The number of aromatic nitrogens is 2. The third kappa shape index (κ3) is 3.52. The number of hydrogen-bond acceptors (Lipinski definition) is 5. The predicted octanol–water partition coefficient (Wildman–Crippen LogP) is 4.02. The molecule has 0 saturated carbocycles. The van der Waals surface area contributed by atoms with Crippen LogP contribution in [0.3, 0.4) is 0 Å². The highest BCUT2D eigenvalue weighted by Gasteiger charge is 2.12. The number of nitrogens with zero attached hydrogens (tertiary/aromatic N) is 2. The van der Waals surface area contributed by atoms with Gasteiger partial charge in [0.15, 0.2) is 0 Å². The highest BCUT2D eigenvalue weighted by molar-refractivity contribution is 7.13. The van der Waals surface area contributed by atoms with Crippen LogP contribution in [0.4, 0.5) is 5.69 Å². The molecule has 1 N–H and O–H groups in total. The third-order valence-electron chi connectivity index (χ3n) is 2.92. The number of anilines is 1. The van der Waals surface area contributed by atoms with E-state index >= 15 is 0 Å². The normalized spacial score (nSPS) is 10.6. The fraction of sp³-hybridized carbons (Fsp3) is 0.133. The van der Waals surface area contributed by atoms with Crippen LogP contribution in [0.1, 0.15) is 12.3 Å². The van der Waals surface area contributed by atoms with Crippen molar-refractivity contribution >= 4 is 34.5 Å². The Labute approximate surface area is 135 Å². The minimum absolute atomic E-state index is 0.149. The van der Waals surface area contributed by atoms with Crippen LogP contribution in [0, 0.1) is 0 Å². The summed E-state index contributed by atoms with van der Waals surface area (Å²) in [6.45, 7) is 0. The van der Waals surface area contributed by atoms with Crippen LogP contribution in [0.5, 0.6) is 0 Å². The lowest BCUT2D eigenvalue weighted by atomic mass is 10.2. The van der Waals surface area contributed by atoms with Gasteiger partial charge >= 0.3 is 0 Å². The number of amides is 1. The number of carbonyl (C=O) groups is 1. The molecule has 0 radical (unpaired) electrons. The molecule has 1 amide bonds. The average molecular weight is 334 g/mol. The third-order valence-corrected chi connectivity index (χ3v) is 4.12. The molecular formula is C15H12ClN3O2S. The van der Waals surface area contributed by atoms with Gasteiger partial charge in [0.25, 0.3) is 0 Å². The van der Waals surface area contributed by atoms with E-state index in [1.807, 2.05) is 29.6 Å². The maximum absolute atomic E-state index is 11.9. The monoisotopic (exact) mass is 333 g/mol. The molecule has 0 aliphatic heterocycles. The highest BCUT2D eigenvalue weighted by Crippen LogP contribution is 2.22. The van der Waals surface area contributed by atoms with Crippen LogP contribution in [0.15, 0.2) is 46.3 Å². The summed E-state index contributed by atoms with van der Waals surface area (Å²) in [5.41, 5.74) is 0.596. The summed E-state index contributed by atoms with van der Waals surface area (Å²) in [5.74, 6) is 0.846. The standard InChI is InChI=1S/C15H12ClN3O2S/c16-10-4-1-2-5-11(10)17-13(20)7-8-14-18-15(19-21-14)12-6-3-9-22-12/h1-6,9H,7-8H2,(H,17,20). The Balaban J connectivity index is 1.56. The highest BCUT2D eigenvalue weighted by atomic mass is 35.5. The molecule has 5 nitrogen and oxygen atoms in total. The van der Waals surface area contributed by atoms with Gasteiger partial charge in [-0.3, -0.25) is 4.79 Å². The molecule has 22 heavy (non-hydrogen) atoms. The van der Waals surface area contributed by atoms with Gasteiger partial charge in [-0.25, -0.2) is 0 Å². The van der Waals surface area contributed by atoms with Crippen molar-refractivity contribution < 1.29 is 9.32 Å². The number of nitrogens with one attached hydrogen (secondary N) is 1. The Morgan fingerprint density at radius 3 is 2.91 bits per heavy atom. The molecule has 2 aromatic heterocycles. The topological polar surface area (TPSA) is 68.0 Å². The Hall–Kier alpha value is -2.18. The van der Waals surface area contributed by atoms with E-state index in [2.05, 4.69) is 15.5 Å². The van der Waals surface area contributed by atoms with Crippen molar-refractivity contribution in [1.29, 1.82) is 0 Å². The van der Waals surface area contributed by atoms with E-state index in [4.69, 9.17) is 16.1 Å². The lowest BCUT2D eigenvalue weighted by molar-refractivity contribution is -0.116. The van der Waals surface area contributed by atoms with E-state index in [0.29, 0.717) is 28.8 Å². The number of rotatable bonds is 5. The summed E-state index contributed by atoms with van der Waals surface area (Å²) >= 11 is 7.53. The van der Waals surface area contributed by atoms with Crippen molar-refractivity contribution in [2.75, 3.05) is 5.32 Å². The van der Waals surface area contributed by atoms with E-state index < -0.39 is 0 Å². The second-order valence-electron chi connectivity index (χ2n) is 4.52. The van der Waals surface area contributed by atoms with Gasteiger partial charge in [-0.2, -0.15) is 4.98 Å². The molecule has 3 aromatic rings. The zero-order valence-electron chi connectivity index (χ0n) is 11.5. The number of aryl methyl sites for hydroxylation is 1. The summed E-state index contributed by atoms with van der Waals surface area (Å²) in [7, 11) is 0. The van der Waals surface area contributed by atoms with Gasteiger partial charge in [0.2, 0.25) is 17.6 Å². The van der Waals surface area contributed by atoms with Crippen molar-refractivity contribution in [2.24, 2.45) is 0 Å². The van der Waals surface area contributed by atoms with Crippen molar-refractivity contribution in [3.8, 4) is 10.7 Å². The lowest BCUT2D eigenvalue weighted by Gasteiger charge is -2.05. The molecule has 0 aliphatic carbocycles. The first-order chi connectivity index (χ1) is 10.7. The van der Waals surface area contributed by atoms with Gasteiger partial charge in [-0.15, -0.1) is 11.3 Å². The molecule has 0 atom stereocenters. The zero-order chi connectivity index (χ0) is 15.4. The first kappa shape index (κ1) is 14.7. The summed E-state index contributed by atoms with van der Waals surface area (Å²) in [6.07, 6.45) is 0.631. The smallest absolute Gasteiger partial charge is 0.227 e. The number of para-hydroxylation sites is 1. The summed E-state index contributed by atoms with van der Waals surface area (Å²) < 4.78 is 5.15. The second-order valence-corrected chi connectivity index (χ2v) is 5.87. The van der Waals surface area contributed by atoms with Gasteiger partial charge in [-0.05, 0) is 23.6 Å². The minimum atomic E-state index is -0.149. The Bertz CT molecular complexity index is 771. The Morgan fingerprint density at radius 1 is 1.27 bits per heavy atom. The first-order valence-corrected chi connectivity index (χ1v) is 7.89. The fourth-order valence-corrected chi connectivity index (χ4v) is 2.69. The van der Waals surface area contributed by atoms with Crippen LogP contribution in [-0.2, 0) is 11.2 Å². The van der Waals surface area contributed by atoms with Gasteiger partial charge in [0.1, 0.15) is 0 Å². The maximum Gasteiger partial charge on any atom is 0.227 e. The summed E-state index contributed by atoms with van der Waals surface area (Å²) in [6, 6.07) is 10.9. The van der Waals surface area contributed by atoms with E-state index in [1.54, 1.807) is 12.1 Å². The van der Waals surface area contributed by atoms with Crippen LogP contribution >= 0.6 is 22.9 Å². The van der Waals surface area contributed by atoms with Crippen LogP contribution in [-0.4, -0.2) is 16.0 Å². The number of carbonyl (C=O) groups excluding carboxylic acids is 1. The second kappa shape index (κ2) is 6.72. The van der Waals surface area contributed by atoms with Gasteiger partial charge in [0.05, 0.1) is 15.6 Å².